The summed E-state index contributed by atoms with van der Waals surface area (Å²) in [7, 11) is 0. The van der Waals surface area contributed by atoms with E-state index in [0.717, 1.165) is 27.9 Å². The van der Waals surface area contributed by atoms with Gasteiger partial charge < -0.3 is 15.4 Å². The van der Waals surface area contributed by atoms with Crippen molar-refractivity contribution in [2.45, 2.75) is 19.4 Å². The molecule has 1 heterocycles. The maximum atomic E-state index is 11.9. The quantitative estimate of drug-likeness (QED) is 0.810. The summed E-state index contributed by atoms with van der Waals surface area (Å²) in [6.07, 6.45) is 0.389. The lowest BCUT2D eigenvalue weighted by Crippen LogP contribution is -2.40. The summed E-state index contributed by atoms with van der Waals surface area (Å²) in [5, 5.41) is 6.17. The zero-order valence-corrected chi connectivity index (χ0v) is 12.5. The summed E-state index contributed by atoms with van der Waals surface area (Å²) in [5.74, 6) is 0.00815. The monoisotopic (exact) mass is 360 g/mol. The lowest BCUT2D eigenvalue weighted by molar-refractivity contribution is -0.119. The van der Waals surface area contributed by atoms with E-state index in [9.17, 15) is 4.79 Å². The Bertz CT molecular complexity index is 431. The number of hydrogen-bond acceptors (Lipinski definition) is 3. The van der Waals surface area contributed by atoms with E-state index in [4.69, 9.17) is 4.74 Å². The summed E-state index contributed by atoms with van der Waals surface area (Å²) in [5.41, 5.74) is 1.99. The Kier molecular flexibility index (Phi) is 4.96. The maximum absolute atomic E-state index is 11.9. The number of hydrogen-bond donors (Lipinski definition) is 2. The molecule has 0 radical (unpaired) electrons. The Balaban J connectivity index is 1.92. The van der Waals surface area contributed by atoms with Crippen molar-refractivity contribution < 1.29 is 9.53 Å². The molecule has 0 aliphatic carbocycles. The van der Waals surface area contributed by atoms with Gasteiger partial charge in [0.05, 0.1) is 19.1 Å². The van der Waals surface area contributed by atoms with Crippen molar-refractivity contribution in [2.24, 2.45) is 0 Å². The fourth-order valence-corrected chi connectivity index (χ4v) is 2.40. The molecular weight excluding hydrogens is 343 g/mol. The third-order valence-corrected chi connectivity index (χ3v) is 4.13. The first-order valence-electron chi connectivity index (χ1n) is 6.04. The largest absolute Gasteiger partial charge is 0.375 e. The highest BCUT2D eigenvalue weighted by Gasteiger charge is 2.17. The minimum atomic E-state index is -0.0122. The first-order valence-corrected chi connectivity index (χ1v) is 7.12. The lowest BCUT2D eigenvalue weighted by atomic mass is 10.1. The second kappa shape index (κ2) is 6.49. The van der Waals surface area contributed by atoms with Gasteiger partial charge in [0.15, 0.2) is 0 Å². The second-order valence-electron chi connectivity index (χ2n) is 4.36. The number of carbonyl (C=O) groups is 1. The zero-order chi connectivity index (χ0) is 13.0. The SMILES string of the molecule is Cc1c(I)cccc1NC(=O)CC1CNCCO1. The number of rotatable bonds is 3. The fourth-order valence-electron chi connectivity index (χ4n) is 1.90. The van der Waals surface area contributed by atoms with E-state index in [-0.39, 0.29) is 12.0 Å². The van der Waals surface area contributed by atoms with Crippen LogP contribution in [-0.2, 0) is 9.53 Å². The molecule has 5 heteroatoms. The lowest BCUT2D eigenvalue weighted by Gasteiger charge is -2.23. The zero-order valence-electron chi connectivity index (χ0n) is 10.3. The van der Waals surface area contributed by atoms with E-state index < -0.39 is 0 Å². The van der Waals surface area contributed by atoms with Gasteiger partial charge in [0.25, 0.3) is 0 Å². The number of ether oxygens (including phenoxy) is 1. The average molecular weight is 360 g/mol. The van der Waals surface area contributed by atoms with E-state index in [2.05, 4.69) is 33.2 Å². The van der Waals surface area contributed by atoms with Crippen LogP contribution >= 0.6 is 22.6 Å². The van der Waals surface area contributed by atoms with Crippen molar-refractivity contribution in [3.05, 3.63) is 27.3 Å². The van der Waals surface area contributed by atoms with Crippen LogP contribution in [0.15, 0.2) is 18.2 Å². The van der Waals surface area contributed by atoms with Crippen LogP contribution in [0, 0.1) is 10.5 Å². The van der Waals surface area contributed by atoms with Crippen LogP contribution in [0.3, 0.4) is 0 Å². The van der Waals surface area contributed by atoms with Gasteiger partial charge in [-0.3, -0.25) is 4.79 Å². The van der Waals surface area contributed by atoms with Gasteiger partial charge in [0.1, 0.15) is 0 Å². The van der Waals surface area contributed by atoms with Crippen LogP contribution in [-0.4, -0.2) is 31.7 Å². The second-order valence-corrected chi connectivity index (χ2v) is 5.52. The van der Waals surface area contributed by atoms with Crippen LogP contribution in [0.2, 0.25) is 0 Å². The van der Waals surface area contributed by atoms with Crippen molar-refractivity contribution in [1.82, 2.24) is 5.32 Å². The van der Waals surface area contributed by atoms with Gasteiger partial charge in [-0.2, -0.15) is 0 Å². The van der Waals surface area contributed by atoms with Crippen molar-refractivity contribution in [1.29, 1.82) is 0 Å². The molecule has 0 spiro atoms. The predicted molar refractivity (Wildman–Crippen MR) is 79.8 cm³/mol. The molecule has 1 saturated heterocycles. The minimum Gasteiger partial charge on any atom is -0.375 e. The van der Waals surface area contributed by atoms with Crippen molar-refractivity contribution in [3.63, 3.8) is 0 Å². The number of benzene rings is 1. The van der Waals surface area contributed by atoms with E-state index in [1.165, 1.54) is 0 Å². The molecule has 98 valence electrons. The molecular formula is C13H17IN2O2. The van der Waals surface area contributed by atoms with Gasteiger partial charge in [-0.15, -0.1) is 0 Å². The molecule has 1 aromatic carbocycles. The van der Waals surface area contributed by atoms with Crippen LogP contribution in [0.1, 0.15) is 12.0 Å². The summed E-state index contributed by atoms with van der Waals surface area (Å²) in [4.78, 5) is 11.9. The van der Waals surface area contributed by atoms with E-state index in [1.807, 2.05) is 25.1 Å². The van der Waals surface area contributed by atoms with Crippen molar-refractivity contribution in [2.75, 3.05) is 25.0 Å². The predicted octanol–water partition coefficient (Wildman–Crippen LogP) is 1.92. The summed E-state index contributed by atoms with van der Waals surface area (Å²) in [6, 6.07) is 5.90. The van der Waals surface area contributed by atoms with Gasteiger partial charge in [0, 0.05) is 22.3 Å². The summed E-state index contributed by atoms with van der Waals surface area (Å²) in [6.45, 7) is 4.31. The molecule has 0 bridgehead atoms. The van der Waals surface area contributed by atoms with Gasteiger partial charge in [-0.1, -0.05) is 6.07 Å². The first kappa shape index (κ1) is 13.8. The highest BCUT2D eigenvalue weighted by Crippen LogP contribution is 2.20. The first-order chi connectivity index (χ1) is 8.66. The maximum Gasteiger partial charge on any atom is 0.227 e. The van der Waals surface area contributed by atoms with Gasteiger partial charge in [-0.25, -0.2) is 0 Å². The van der Waals surface area contributed by atoms with Crippen LogP contribution < -0.4 is 10.6 Å². The topological polar surface area (TPSA) is 50.4 Å². The molecule has 4 nitrogen and oxygen atoms in total. The Morgan fingerprint density at radius 2 is 2.44 bits per heavy atom. The summed E-state index contributed by atoms with van der Waals surface area (Å²) < 4.78 is 6.67. The van der Waals surface area contributed by atoms with Crippen molar-refractivity contribution >= 4 is 34.2 Å². The number of nitrogens with one attached hydrogen (secondary N) is 2. The molecule has 1 aromatic rings. The van der Waals surface area contributed by atoms with E-state index in [1.54, 1.807) is 0 Å². The normalized spacial score (nSPS) is 19.6. The number of amides is 1. The minimum absolute atomic E-state index is 0.00815. The van der Waals surface area contributed by atoms with E-state index in [0.29, 0.717) is 13.0 Å². The molecule has 1 atom stereocenters. The highest BCUT2D eigenvalue weighted by molar-refractivity contribution is 14.1. The highest BCUT2D eigenvalue weighted by atomic mass is 127. The smallest absolute Gasteiger partial charge is 0.227 e. The van der Waals surface area contributed by atoms with Gasteiger partial charge >= 0.3 is 0 Å². The Morgan fingerprint density at radius 1 is 1.61 bits per heavy atom. The Morgan fingerprint density at radius 3 is 3.17 bits per heavy atom. The molecule has 18 heavy (non-hydrogen) atoms. The molecule has 1 aliphatic heterocycles. The molecule has 1 unspecified atom stereocenters. The Labute approximate surface area is 121 Å². The molecule has 1 aliphatic rings. The van der Waals surface area contributed by atoms with Crippen LogP contribution in [0.5, 0.6) is 0 Å². The Hall–Kier alpha value is -0.660. The van der Waals surface area contributed by atoms with E-state index >= 15 is 0 Å². The molecule has 1 amide bonds. The third-order valence-electron chi connectivity index (χ3n) is 2.96. The average Bonchev–Trinajstić information content (AvgIpc) is 2.36. The molecule has 0 aromatic heterocycles. The number of halogens is 1. The summed E-state index contributed by atoms with van der Waals surface area (Å²) >= 11 is 2.27. The van der Waals surface area contributed by atoms with Crippen molar-refractivity contribution in [3.8, 4) is 0 Å². The molecule has 1 fully saturated rings. The van der Waals surface area contributed by atoms with Crippen LogP contribution in [0.4, 0.5) is 5.69 Å². The number of carbonyl (C=O) groups excluding carboxylic acids is 1. The third kappa shape index (κ3) is 3.66. The molecule has 0 saturated carbocycles. The number of morpholine rings is 1. The van der Waals surface area contributed by atoms with Gasteiger partial charge in [0.2, 0.25) is 5.91 Å². The number of anilines is 1. The van der Waals surface area contributed by atoms with Gasteiger partial charge in [-0.05, 0) is 47.2 Å². The van der Waals surface area contributed by atoms with Crippen LogP contribution in [0.25, 0.3) is 0 Å². The standard InChI is InChI=1S/C13H17IN2O2/c1-9-11(14)3-2-4-12(9)16-13(17)7-10-8-15-5-6-18-10/h2-4,10,15H,5-8H2,1H3,(H,16,17). The fraction of sp³-hybridized carbons (Fsp3) is 0.462. The molecule has 2 N–H and O–H groups in total. The molecule has 2 rings (SSSR count).